The average molecular weight is 243 g/mol. The van der Waals surface area contributed by atoms with E-state index < -0.39 is 0 Å². The van der Waals surface area contributed by atoms with Crippen LogP contribution in [0.4, 0.5) is 5.82 Å². The van der Waals surface area contributed by atoms with Crippen molar-refractivity contribution in [1.82, 2.24) is 4.98 Å². The second-order valence-corrected chi connectivity index (χ2v) is 4.90. The summed E-state index contributed by atoms with van der Waals surface area (Å²) in [5.74, 6) is 0.751. The molecule has 2 aromatic heterocycles. The van der Waals surface area contributed by atoms with Gasteiger partial charge in [-0.25, -0.2) is 4.98 Å². The molecule has 0 radical (unpaired) electrons. The smallest absolute Gasteiger partial charge is 0.146 e. The number of nitriles is 1. The molecule has 2 rings (SSSR count). The van der Waals surface area contributed by atoms with Gasteiger partial charge in [0, 0.05) is 17.6 Å². The van der Waals surface area contributed by atoms with Crippen LogP contribution >= 0.6 is 11.3 Å². The van der Waals surface area contributed by atoms with Crippen LogP contribution in [0.1, 0.15) is 16.1 Å². The number of hydrogen-bond acceptors (Lipinski definition) is 4. The van der Waals surface area contributed by atoms with Crippen molar-refractivity contribution in [1.29, 1.82) is 5.26 Å². The molecule has 0 aromatic carbocycles. The number of pyridine rings is 1. The Hall–Kier alpha value is -1.86. The number of aromatic nitrogens is 1. The second-order valence-electron chi connectivity index (χ2n) is 3.87. The molecule has 17 heavy (non-hydrogen) atoms. The molecule has 0 N–H and O–H groups in total. The standard InChI is InChI=1S/C13H13N3S/c1-10-5-6-11(8-14)13(15-10)16(2)9-12-4-3-7-17-12/h3-7H,9H2,1-2H3. The van der Waals surface area contributed by atoms with E-state index in [4.69, 9.17) is 5.26 Å². The molecule has 2 aromatic rings. The Morgan fingerprint density at radius 2 is 2.24 bits per heavy atom. The van der Waals surface area contributed by atoms with Crippen molar-refractivity contribution in [2.45, 2.75) is 13.5 Å². The molecule has 0 fully saturated rings. The van der Waals surface area contributed by atoms with E-state index in [9.17, 15) is 0 Å². The van der Waals surface area contributed by atoms with Gasteiger partial charge in [0.05, 0.1) is 12.1 Å². The molecular weight excluding hydrogens is 230 g/mol. The summed E-state index contributed by atoms with van der Waals surface area (Å²) in [5, 5.41) is 11.1. The van der Waals surface area contributed by atoms with E-state index in [-0.39, 0.29) is 0 Å². The van der Waals surface area contributed by atoms with Gasteiger partial charge in [-0.15, -0.1) is 11.3 Å². The van der Waals surface area contributed by atoms with Gasteiger partial charge in [-0.2, -0.15) is 5.26 Å². The summed E-state index contributed by atoms with van der Waals surface area (Å²) in [6.45, 7) is 2.71. The predicted molar refractivity (Wildman–Crippen MR) is 70.1 cm³/mol. The molecule has 86 valence electrons. The van der Waals surface area contributed by atoms with E-state index in [2.05, 4.69) is 22.5 Å². The lowest BCUT2D eigenvalue weighted by atomic mass is 10.2. The first kappa shape index (κ1) is 11.6. The highest BCUT2D eigenvalue weighted by molar-refractivity contribution is 7.09. The van der Waals surface area contributed by atoms with E-state index >= 15 is 0 Å². The minimum absolute atomic E-state index is 0.620. The van der Waals surface area contributed by atoms with Gasteiger partial charge in [0.2, 0.25) is 0 Å². The fourth-order valence-corrected chi connectivity index (χ4v) is 2.39. The molecule has 0 bridgehead atoms. The molecule has 3 nitrogen and oxygen atoms in total. The van der Waals surface area contributed by atoms with Gasteiger partial charge in [0.1, 0.15) is 11.9 Å². The number of nitrogens with zero attached hydrogens (tertiary/aromatic N) is 3. The van der Waals surface area contributed by atoms with Crippen molar-refractivity contribution >= 4 is 17.2 Å². The molecule has 0 atom stereocenters. The normalized spacial score (nSPS) is 9.94. The Bertz CT molecular complexity index is 540. The molecule has 0 aliphatic carbocycles. The molecule has 0 unspecified atom stereocenters. The highest BCUT2D eigenvalue weighted by Crippen LogP contribution is 2.20. The number of thiophene rings is 1. The van der Waals surface area contributed by atoms with E-state index in [1.54, 1.807) is 11.3 Å². The van der Waals surface area contributed by atoms with Crippen molar-refractivity contribution in [3.05, 3.63) is 45.8 Å². The van der Waals surface area contributed by atoms with Gasteiger partial charge in [0.15, 0.2) is 0 Å². The summed E-state index contributed by atoms with van der Waals surface area (Å²) in [7, 11) is 1.96. The largest absolute Gasteiger partial charge is 0.353 e. The zero-order chi connectivity index (χ0) is 12.3. The van der Waals surface area contributed by atoms with Crippen LogP contribution in [0.3, 0.4) is 0 Å². The topological polar surface area (TPSA) is 39.9 Å². The second kappa shape index (κ2) is 4.98. The van der Waals surface area contributed by atoms with Gasteiger partial charge < -0.3 is 4.90 Å². The van der Waals surface area contributed by atoms with Crippen LogP contribution in [0.15, 0.2) is 29.6 Å². The van der Waals surface area contributed by atoms with Crippen molar-refractivity contribution in [2.24, 2.45) is 0 Å². The van der Waals surface area contributed by atoms with E-state index in [0.29, 0.717) is 5.56 Å². The van der Waals surface area contributed by atoms with E-state index in [0.717, 1.165) is 18.1 Å². The third kappa shape index (κ3) is 2.63. The zero-order valence-corrected chi connectivity index (χ0v) is 10.7. The lowest BCUT2D eigenvalue weighted by Gasteiger charge is -2.18. The van der Waals surface area contributed by atoms with Crippen LogP contribution in [0.2, 0.25) is 0 Å². The number of hydrogen-bond donors (Lipinski definition) is 0. The molecule has 0 amide bonds. The fourth-order valence-electron chi connectivity index (χ4n) is 1.63. The first-order valence-corrected chi connectivity index (χ1v) is 6.20. The molecule has 4 heteroatoms. The summed E-state index contributed by atoms with van der Waals surface area (Å²) in [4.78, 5) is 7.71. The Morgan fingerprint density at radius 1 is 1.41 bits per heavy atom. The van der Waals surface area contributed by atoms with Crippen molar-refractivity contribution in [2.75, 3.05) is 11.9 Å². The maximum atomic E-state index is 9.07. The van der Waals surface area contributed by atoms with Crippen LogP contribution in [-0.4, -0.2) is 12.0 Å². The van der Waals surface area contributed by atoms with Gasteiger partial charge in [-0.3, -0.25) is 0 Å². The monoisotopic (exact) mass is 243 g/mol. The van der Waals surface area contributed by atoms with Crippen molar-refractivity contribution in [3.63, 3.8) is 0 Å². The summed E-state index contributed by atoms with van der Waals surface area (Å²) >= 11 is 1.71. The zero-order valence-electron chi connectivity index (χ0n) is 9.84. The van der Waals surface area contributed by atoms with Crippen LogP contribution in [0.5, 0.6) is 0 Å². The predicted octanol–water partition coefficient (Wildman–Crippen LogP) is 2.96. The van der Waals surface area contributed by atoms with E-state index in [1.807, 2.05) is 37.1 Å². The third-order valence-corrected chi connectivity index (χ3v) is 3.33. The van der Waals surface area contributed by atoms with Crippen molar-refractivity contribution < 1.29 is 0 Å². The van der Waals surface area contributed by atoms with Gasteiger partial charge in [0.25, 0.3) is 0 Å². The Labute approximate surface area is 105 Å². The molecule has 0 saturated carbocycles. The summed E-state index contributed by atoms with van der Waals surface area (Å²) in [6.07, 6.45) is 0. The summed E-state index contributed by atoms with van der Waals surface area (Å²) in [6, 6.07) is 9.98. The maximum absolute atomic E-state index is 9.07. The molecule has 0 spiro atoms. The average Bonchev–Trinajstić information content (AvgIpc) is 2.81. The Morgan fingerprint density at radius 3 is 2.88 bits per heavy atom. The SMILES string of the molecule is Cc1ccc(C#N)c(N(C)Cc2cccs2)n1. The van der Waals surface area contributed by atoms with E-state index in [1.165, 1.54) is 4.88 Å². The maximum Gasteiger partial charge on any atom is 0.146 e. The van der Waals surface area contributed by atoms with Gasteiger partial charge in [-0.1, -0.05) is 6.07 Å². The number of aryl methyl sites for hydroxylation is 1. The molecular formula is C13H13N3S. The van der Waals surface area contributed by atoms with Gasteiger partial charge in [-0.05, 0) is 30.5 Å². The molecule has 0 aliphatic rings. The molecule has 0 saturated heterocycles. The fraction of sp³-hybridized carbons (Fsp3) is 0.231. The first-order chi connectivity index (χ1) is 8.20. The van der Waals surface area contributed by atoms with Crippen LogP contribution in [0.25, 0.3) is 0 Å². The first-order valence-electron chi connectivity index (χ1n) is 5.32. The van der Waals surface area contributed by atoms with Crippen LogP contribution in [0, 0.1) is 18.3 Å². The highest BCUT2D eigenvalue weighted by atomic mass is 32.1. The summed E-state index contributed by atoms with van der Waals surface area (Å²) < 4.78 is 0. The van der Waals surface area contributed by atoms with Crippen molar-refractivity contribution in [3.8, 4) is 6.07 Å². The molecule has 0 aliphatic heterocycles. The molecule has 2 heterocycles. The Balaban J connectivity index is 2.27. The highest BCUT2D eigenvalue weighted by Gasteiger charge is 2.10. The van der Waals surface area contributed by atoms with Gasteiger partial charge >= 0.3 is 0 Å². The lowest BCUT2D eigenvalue weighted by molar-refractivity contribution is 0.903. The summed E-state index contributed by atoms with van der Waals surface area (Å²) in [5.41, 5.74) is 1.55. The van der Waals surface area contributed by atoms with Crippen LogP contribution in [-0.2, 0) is 6.54 Å². The third-order valence-electron chi connectivity index (χ3n) is 2.47. The Kier molecular flexibility index (Phi) is 3.40. The lowest BCUT2D eigenvalue weighted by Crippen LogP contribution is -2.18. The minimum Gasteiger partial charge on any atom is -0.353 e. The van der Waals surface area contributed by atoms with Crippen LogP contribution < -0.4 is 4.90 Å². The number of anilines is 1. The number of rotatable bonds is 3. The quantitative estimate of drug-likeness (QED) is 0.832. The minimum atomic E-state index is 0.620.